The van der Waals surface area contributed by atoms with E-state index in [-0.39, 0.29) is 11.8 Å². The van der Waals surface area contributed by atoms with Gasteiger partial charge in [-0.3, -0.25) is 10.1 Å². The summed E-state index contributed by atoms with van der Waals surface area (Å²) < 4.78 is 1.58. The van der Waals surface area contributed by atoms with E-state index in [0.29, 0.717) is 11.8 Å². The lowest BCUT2D eigenvalue weighted by molar-refractivity contribution is -0.119. The lowest BCUT2D eigenvalue weighted by Gasteiger charge is -2.08. The van der Waals surface area contributed by atoms with Crippen LogP contribution in [-0.2, 0) is 11.8 Å². The van der Waals surface area contributed by atoms with Crippen molar-refractivity contribution in [2.45, 2.75) is 19.8 Å². The summed E-state index contributed by atoms with van der Waals surface area (Å²) in [6.45, 7) is 1.80. The molecule has 80 valence electrons. The topological polar surface area (TPSA) is 59.8 Å². The van der Waals surface area contributed by atoms with Crippen molar-refractivity contribution in [1.29, 1.82) is 0 Å². The Morgan fingerprint density at radius 3 is 2.73 bits per heavy atom. The quantitative estimate of drug-likeness (QED) is 0.735. The molecule has 5 heteroatoms. The van der Waals surface area contributed by atoms with Crippen LogP contribution in [0.1, 0.15) is 18.7 Å². The maximum atomic E-state index is 11.7. The largest absolute Gasteiger partial charge is 0.294 e. The van der Waals surface area contributed by atoms with Crippen LogP contribution in [0.15, 0.2) is 12.2 Å². The van der Waals surface area contributed by atoms with Crippen molar-refractivity contribution < 1.29 is 4.79 Å². The number of aromatic nitrogens is 3. The number of hydrogen-bond acceptors (Lipinski definition) is 3. The van der Waals surface area contributed by atoms with Gasteiger partial charge in [-0.1, -0.05) is 12.2 Å². The molecule has 1 aliphatic rings. The second-order valence-electron chi connectivity index (χ2n) is 3.74. The number of nitrogens with one attached hydrogen (secondary N) is 1. The first-order chi connectivity index (χ1) is 7.16. The van der Waals surface area contributed by atoms with Crippen molar-refractivity contribution in [2.75, 3.05) is 5.32 Å². The first-order valence-corrected chi connectivity index (χ1v) is 5.00. The van der Waals surface area contributed by atoms with Gasteiger partial charge in [0.05, 0.1) is 0 Å². The number of aryl methyl sites for hydroxylation is 2. The summed E-state index contributed by atoms with van der Waals surface area (Å²) in [6.07, 6.45) is 5.71. The van der Waals surface area contributed by atoms with Gasteiger partial charge in [0.1, 0.15) is 5.82 Å². The number of allylic oxidation sites excluding steroid dienone is 2. The molecular formula is C10H14N4O. The van der Waals surface area contributed by atoms with Gasteiger partial charge in [-0.25, -0.2) is 4.68 Å². The summed E-state index contributed by atoms with van der Waals surface area (Å²) in [6, 6.07) is 0. The molecule has 0 unspecified atom stereocenters. The zero-order chi connectivity index (χ0) is 10.8. The highest BCUT2D eigenvalue weighted by molar-refractivity contribution is 5.91. The highest BCUT2D eigenvalue weighted by Crippen LogP contribution is 2.19. The van der Waals surface area contributed by atoms with E-state index in [1.54, 1.807) is 18.7 Å². The standard InChI is InChI=1S/C10H14N4O/c1-7-11-10(14(2)13-7)12-9(15)8-5-3-4-6-8/h3-4,8H,5-6H2,1-2H3,(H,11,12,13,15). The third kappa shape index (κ3) is 2.06. The fourth-order valence-corrected chi connectivity index (χ4v) is 1.66. The maximum Gasteiger partial charge on any atom is 0.230 e. The summed E-state index contributed by atoms with van der Waals surface area (Å²) >= 11 is 0. The van der Waals surface area contributed by atoms with E-state index in [4.69, 9.17) is 0 Å². The molecule has 1 aromatic rings. The zero-order valence-electron chi connectivity index (χ0n) is 8.90. The lowest BCUT2D eigenvalue weighted by atomic mass is 10.1. The summed E-state index contributed by atoms with van der Waals surface area (Å²) in [4.78, 5) is 15.9. The van der Waals surface area contributed by atoms with Crippen LogP contribution in [0, 0.1) is 12.8 Å². The number of anilines is 1. The van der Waals surface area contributed by atoms with Gasteiger partial charge in [-0.15, -0.1) is 0 Å². The molecule has 0 aromatic carbocycles. The second-order valence-corrected chi connectivity index (χ2v) is 3.74. The van der Waals surface area contributed by atoms with Crippen molar-refractivity contribution in [1.82, 2.24) is 14.8 Å². The van der Waals surface area contributed by atoms with Crippen molar-refractivity contribution in [3.05, 3.63) is 18.0 Å². The van der Waals surface area contributed by atoms with Gasteiger partial charge in [-0.2, -0.15) is 10.1 Å². The molecule has 0 radical (unpaired) electrons. The molecule has 0 aliphatic heterocycles. The number of rotatable bonds is 2. The van der Waals surface area contributed by atoms with Crippen LogP contribution in [0.25, 0.3) is 0 Å². The minimum Gasteiger partial charge on any atom is -0.294 e. The Kier molecular flexibility index (Phi) is 2.53. The molecular weight excluding hydrogens is 192 g/mol. The number of hydrogen-bond donors (Lipinski definition) is 1. The van der Waals surface area contributed by atoms with Crippen LogP contribution >= 0.6 is 0 Å². The third-order valence-electron chi connectivity index (χ3n) is 2.48. The summed E-state index contributed by atoms with van der Waals surface area (Å²) in [5.74, 6) is 1.26. The van der Waals surface area contributed by atoms with E-state index in [1.807, 2.05) is 12.2 Å². The fourth-order valence-electron chi connectivity index (χ4n) is 1.66. The Hall–Kier alpha value is -1.65. The molecule has 0 saturated carbocycles. The molecule has 1 heterocycles. The molecule has 0 bridgehead atoms. The summed E-state index contributed by atoms with van der Waals surface area (Å²) in [5, 5.41) is 6.85. The Balaban J connectivity index is 2.02. The molecule has 0 spiro atoms. The maximum absolute atomic E-state index is 11.7. The van der Waals surface area contributed by atoms with Gasteiger partial charge in [0.2, 0.25) is 11.9 Å². The van der Waals surface area contributed by atoms with Gasteiger partial charge in [0.25, 0.3) is 0 Å². The van der Waals surface area contributed by atoms with Crippen molar-refractivity contribution in [3.63, 3.8) is 0 Å². The Labute approximate surface area is 88.2 Å². The highest BCUT2D eigenvalue weighted by atomic mass is 16.2. The van der Waals surface area contributed by atoms with Crippen molar-refractivity contribution in [3.8, 4) is 0 Å². The predicted molar refractivity (Wildman–Crippen MR) is 56.2 cm³/mol. The monoisotopic (exact) mass is 206 g/mol. The van der Waals surface area contributed by atoms with Crippen LogP contribution in [0.2, 0.25) is 0 Å². The SMILES string of the molecule is Cc1nc(NC(=O)C2CC=CC2)n(C)n1. The number of amides is 1. The van der Waals surface area contributed by atoms with Crippen LogP contribution in [-0.4, -0.2) is 20.7 Å². The van der Waals surface area contributed by atoms with Crippen molar-refractivity contribution in [2.24, 2.45) is 13.0 Å². The van der Waals surface area contributed by atoms with E-state index < -0.39 is 0 Å². The number of carbonyl (C=O) groups is 1. The van der Waals surface area contributed by atoms with Crippen LogP contribution in [0.3, 0.4) is 0 Å². The highest BCUT2D eigenvalue weighted by Gasteiger charge is 2.20. The van der Waals surface area contributed by atoms with E-state index in [1.165, 1.54) is 0 Å². The molecule has 0 saturated heterocycles. The second kappa shape index (κ2) is 3.84. The Bertz CT molecular complexity index is 400. The molecule has 15 heavy (non-hydrogen) atoms. The molecule has 0 atom stereocenters. The number of carbonyl (C=O) groups excluding carboxylic acids is 1. The third-order valence-corrected chi connectivity index (χ3v) is 2.48. The normalized spacial score (nSPS) is 15.9. The summed E-state index contributed by atoms with van der Waals surface area (Å²) in [7, 11) is 1.77. The predicted octanol–water partition coefficient (Wildman–Crippen LogP) is 1.03. The van der Waals surface area contributed by atoms with E-state index in [2.05, 4.69) is 15.4 Å². The van der Waals surface area contributed by atoms with E-state index in [0.717, 1.165) is 12.8 Å². The van der Waals surface area contributed by atoms with Gasteiger partial charge in [0.15, 0.2) is 0 Å². The van der Waals surface area contributed by atoms with Gasteiger partial charge in [-0.05, 0) is 19.8 Å². The fraction of sp³-hybridized carbons (Fsp3) is 0.500. The Morgan fingerprint density at radius 1 is 1.53 bits per heavy atom. The summed E-state index contributed by atoms with van der Waals surface area (Å²) in [5.41, 5.74) is 0. The Morgan fingerprint density at radius 2 is 2.20 bits per heavy atom. The first kappa shape index (κ1) is 9.89. The number of nitrogens with zero attached hydrogens (tertiary/aromatic N) is 3. The molecule has 1 N–H and O–H groups in total. The van der Waals surface area contributed by atoms with Gasteiger partial charge < -0.3 is 0 Å². The van der Waals surface area contributed by atoms with Gasteiger partial charge >= 0.3 is 0 Å². The van der Waals surface area contributed by atoms with E-state index >= 15 is 0 Å². The average molecular weight is 206 g/mol. The van der Waals surface area contributed by atoms with Gasteiger partial charge in [0, 0.05) is 13.0 Å². The zero-order valence-corrected chi connectivity index (χ0v) is 8.90. The minimum atomic E-state index is 0.0236. The molecule has 5 nitrogen and oxygen atoms in total. The molecule has 1 amide bonds. The smallest absolute Gasteiger partial charge is 0.230 e. The van der Waals surface area contributed by atoms with Crippen LogP contribution in [0.5, 0.6) is 0 Å². The van der Waals surface area contributed by atoms with E-state index in [9.17, 15) is 4.79 Å². The van der Waals surface area contributed by atoms with Crippen molar-refractivity contribution >= 4 is 11.9 Å². The average Bonchev–Trinajstić information content (AvgIpc) is 2.76. The molecule has 1 aromatic heterocycles. The molecule has 2 rings (SSSR count). The van der Waals surface area contributed by atoms with Crippen LogP contribution < -0.4 is 5.32 Å². The van der Waals surface area contributed by atoms with Crippen LogP contribution in [0.4, 0.5) is 5.95 Å². The molecule has 0 fully saturated rings. The lowest BCUT2D eigenvalue weighted by Crippen LogP contribution is -2.22. The first-order valence-electron chi connectivity index (χ1n) is 5.00. The minimum absolute atomic E-state index is 0.0236. The molecule has 1 aliphatic carbocycles.